The Hall–Kier alpha value is -0.980. The molecule has 16 heavy (non-hydrogen) atoms. The third kappa shape index (κ3) is 2.58. The van der Waals surface area contributed by atoms with Gasteiger partial charge in [-0.05, 0) is 28.9 Å². The summed E-state index contributed by atoms with van der Waals surface area (Å²) in [5.74, 6) is -1.74. The zero-order valence-corrected chi connectivity index (χ0v) is 8.41. The molecule has 1 N–H and O–H groups in total. The second-order valence-electron chi connectivity index (χ2n) is 3.45. The van der Waals surface area contributed by atoms with Crippen molar-refractivity contribution in [1.82, 2.24) is 0 Å². The summed E-state index contributed by atoms with van der Waals surface area (Å²) in [5.41, 5.74) is -12.4. The van der Waals surface area contributed by atoms with E-state index >= 15 is 0 Å². The van der Waals surface area contributed by atoms with Crippen LogP contribution in [-0.2, 0) is 10.8 Å². The van der Waals surface area contributed by atoms with Gasteiger partial charge in [0.25, 0.3) is 1.43 Å². The minimum absolute atomic E-state index is 0.817. The smallest absolute Gasteiger partial charge is 0.293 e. The molecule has 1 aromatic rings. The lowest BCUT2D eigenvalue weighted by Gasteiger charge is -2.27. The van der Waals surface area contributed by atoms with Crippen LogP contribution >= 0.6 is 0 Å². The molecule has 1 nitrogen and oxygen atoms in total. The van der Waals surface area contributed by atoms with E-state index in [2.05, 4.69) is 5.11 Å². The summed E-state index contributed by atoms with van der Waals surface area (Å²) in [5, 5.41) is 4.29. The Bertz CT molecular complexity index is 863. The van der Waals surface area contributed by atoms with Crippen molar-refractivity contribution in [3.8, 4) is 5.75 Å². The van der Waals surface area contributed by atoms with Crippen LogP contribution in [-0.4, -0.2) is 6.54 Å². The average molecular weight is 241 g/mol. The molecule has 0 aliphatic heterocycles. The Balaban J connectivity index is 5.00. The number of benzene rings is 1. The largest absolute Gasteiger partial charge is 0.507 e. The van der Waals surface area contributed by atoms with E-state index in [4.69, 9.17) is 28.8 Å². The monoisotopic (exact) mass is 241 g/mol. The van der Waals surface area contributed by atoms with Gasteiger partial charge < -0.3 is 5.11 Å². The lowest BCUT2D eigenvalue weighted by atomic mass is 9.78. The standard InChI is InChI=1S/C15H24O/c1-10-8-11(14(2,3)4)13(16)12(9-10)15(5,6)7/h8-9,16H,1-7H3/i2D3,3D3,4D3,5D3,6D3,7D3,8D,9D/hD. The lowest BCUT2D eigenvalue weighted by molar-refractivity contribution is 0.423. The zero-order chi connectivity index (χ0) is 30.2. The van der Waals surface area contributed by atoms with Gasteiger partial charge >= 0.3 is 0 Å². The molecular formula is C15H24O. The molecule has 0 bridgehead atoms. The van der Waals surface area contributed by atoms with Gasteiger partial charge in [-0.3, -0.25) is 0 Å². The summed E-state index contributed by atoms with van der Waals surface area (Å²) in [7, 11) is 0. The molecule has 0 amide bonds. The van der Waals surface area contributed by atoms with Crippen LogP contribution in [0.2, 0.25) is 0 Å². The van der Waals surface area contributed by atoms with E-state index < -0.39 is 86.5 Å². The van der Waals surface area contributed by atoms with Crippen LogP contribution in [0.4, 0.5) is 0 Å². The molecule has 90 valence electrons. The van der Waals surface area contributed by atoms with Gasteiger partial charge in [-0.1, -0.05) is 58.8 Å². The van der Waals surface area contributed by atoms with Crippen LogP contribution in [0.3, 0.4) is 0 Å². The number of rotatable bonds is 1. The van der Waals surface area contributed by atoms with E-state index in [0.29, 0.717) is 0 Å². The maximum absolute atomic E-state index is 8.39. The van der Waals surface area contributed by atoms with Gasteiger partial charge in [0.2, 0.25) is 0 Å². The third-order valence-electron chi connectivity index (χ3n) is 1.83. The molecular weight excluding hydrogens is 196 g/mol. The quantitative estimate of drug-likeness (QED) is 0.777. The summed E-state index contributed by atoms with van der Waals surface area (Å²) in [4.78, 5) is 0. The number of phenols is 1. The van der Waals surface area contributed by atoms with Crippen molar-refractivity contribution >= 4 is 0 Å². The molecule has 1 aromatic carbocycles. The molecule has 0 atom stereocenters. The van der Waals surface area contributed by atoms with Crippen LogP contribution in [0.1, 0.15) is 85.2 Å². The average Bonchev–Trinajstić information content (AvgIpc) is 2.56. The first-order chi connectivity index (χ1) is 15.9. The van der Waals surface area contributed by atoms with Gasteiger partial charge in [0.1, 0.15) is 5.75 Å². The fourth-order valence-electron chi connectivity index (χ4n) is 1.17. The second-order valence-corrected chi connectivity index (χ2v) is 3.45. The van der Waals surface area contributed by atoms with Crippen LogP contribution in [0.15, 0.2) is 12.1 Å². The van der Waals surface area contributed by atoms with Gasteiger partial charge in [0, 0.05) is 24.7 Å². The van der Waals surface area contributed by atoms with Crippen molar-refractivity contribution in [2.75, 3.05) is 0 Å². The van der Waals surface area contributed by atoms with Gasteiger partial charge in [-0.25, -0.2) is 0 Å². The molecule has 0 saturated heterocycles. The van der Waals surface area contributed by atoms with Crippen LogP contribution in [0.25, 0.3) is 0 Å². The fourth-order valence-corrected chi connectivity index (χ4v) is 1.17. The minimum atomic E-state index is -4.11. The molecule has 1 heteroatoms. The van der Waals surface area contributed by atoms with Gasteiger partial charge in [-0.15, -0.1) is 0 Å². The fraction of sp³-hybridized carbons (Fsp3) is 0.600. The van der Waals surface area contributed by atoms with Crippen LogP contribution < -0.4 is 0 Å². The first-order valence-corrected chi connectivity index (χ1v) is 4.20. The highest BCUT2D eigenvalue weighted by Crippen LogP contribution is 2.39. The van der Waals surface area contributed by atoms with E-state index in [0.717, 1.165) is 6.92 Å². The van der Waals surface area contributed by atoms with Crippen molar-refractivity contribution in [3.63, 3.8) is 0 Å². The molecule has 1 rings (SSSR count). The number of aromatic hydroxyl groups is 1. The molecule has 0 radical (unpaired) electrons. The van der Waals surface area contributed by atoms with E-state index in [1.165, 1.54) is 0 Å². The first-order valence-electron chi connectivity index (χ1n) is 14.6. The van der Waals surface area contributed by atoms with Crippen molar-refractivity contribution in [2.45, 2.75) is 58.9 Å². The van der Waals surface area contributed by atoms with Crippen molar-refractivity contribution in [3.05, 3.63) is 28.8 Å². The highest BCUT2D eigenvalue weighted by Gasteiger charge is 2.25. The topological polar surface area (TPSA) is 20.2 Å². The predicted molar refractivity (Wildman–Crippen MR) is 70.2 cm³/mol. The van der Waals surface area contributed by atoms with E-state index in [9.17, 15) is 0 Å². The minimum Gasteiger partial charge on any atom is -0.507 e. The number of hydrogen-bond donors (Lipinski definition) is 1. The maximum Gasteiger partial charge on any atom is 0.293 e. The second kappa shape index (κ2) is 3.80. The third-order valence-corrected chi connectivity index (χ3v) is 1.83. The highest BCUT2D eigenvalue weighted by atomic mass is 16.3. The molecule has 0 heterocycles. The van der Waals surface area contributed by atoms with Crippen molar-refractivity contribution < 1.29 is 32.5 Å². The number of hydrogen-bond acceptors (Lipinski definition) is 1. The lowest BCUT2D eigenvalue weighted by Crippen LogP contribution is -2.17. The molecule has 0 unspecified atom stereocenters. The Morgan fingerprint density at radius 3 is 1.81 bits per heavy atom. The Morgan fingerprint density at radius 2 is 1.50 bits per heavy atom. The predicted octanol–water partition coefficient (Wildman–Crippen LogP) is 4.30. The Labute approximate surface area is 129 Å². The van der Waals surface area contributed by atoms with E-state index in [1.54, 1.807) is 0 Å². The summed E-state index contributed by atoms with van der Waals surface area (Å²) < 4.78 is 167. The molecule has 0 aromatic heterocycles. The SMILES string of the molecule is [2H]Oc1c(C(C([2H])([2H])[2H])(C([2H])([2H])[2H])C([2H])([2H])[2H])c([2H])c(C)c([2H])c1C(C([2H])([2H])[2H])(C([2H])([2H])[2H])C([2H])([2H])[2H]. The Kier molecular flexibility index (Phi) is 0.540. The van der Waals surface area contributed by atoms with Crippen molar-refractivity contribution in [1.29, 1.82) is 1.43 Å². The molecule has 0 saturated carbocycles. The van der Waals surface area contributed by atoms with E-state index in [1.807, 2.05) is 0 Å². The first kappa shape index (κ1) is 2.28. The van der Waals surface area contributed by atoms with Crippen LogP contribution in [0.5, 0.6) is 5.75 Å². The highest BCUT2D eigenvalue weighted by molar-refractivity contribution is 5.49. The summed E-state index contributed by atoms with van der Waals surface area (Å²) in [6.07, 6.45) is 0. The molecule has 0 spiro atoms. The number of phenolic OH excluding ortho intramolecular Hbond substituents is 1. The normalized spacial score (nSPS) is 36.7. The van der Waals surface area contributed by atoms with Gasteiger partial charge in [0.05, 0.1) is 2.74 Å². The summed E-state index contributed by atoms with van der Waals surface area (Å²) in [6, 6.07) is -2.59. The summed E-state index contributed by atoms with van der Waals surface area (Å²) in [6.45, 7) is -23.7. The van der Waals surface area contributed by atoms with Crippen molar-refractivity contribution in [2.24, 2.45) is 0 Å². The van der Waals surface area contributed by atoms with E-state index in [-0.39, 0.29) is 0 Å². The molecule has 0 aliphatic rings. The van der Waals surface area contributed by atoms with Gasteiger partial charge in [-0.2, -0.15) is 0 Å². The molecule has 0 fully saturated rings. The Morgan fingerprint density at radius 1 is 1.06 bits per heavy atom. The van der Waals surface area contributed by atoms with Crippen LogP contribution in [0, 0.1) is 6.92 Å². The molecule has 0 aliphatic carbocycles. The van der Waals surface area contributed by atoms with Gasteiger partial charge in [0.15, 0.2) is 0 Å². The maximum atomic E-state index is 8.39. The zero-order valence-electron chi connectivity index (χ0n) is 29.4. The summed E-state index contributed by atoms with van der Waals surface area (Å²) >= 11 is 0.